The van der Waals surface area contributed by atoms with E-state index in [1.165, 1.54) is 28.9 Å². The van der Waals surface area contributed by atoms with E-state index in [1.807, 2.05) is 0 Å². The van der Waals surface area contributed by atoms with Gasteiger partial charge in [-0.05, 0) is 17.7 Å². The summed E-state index contributed by atoms with van der Waals surface area (Å²) in [7, 11) is 0. The summed E-state index contributed by atoms with van der Waals surface area (Å²) in [6.45, 7) is 0.0191. The average Bonchev–Trinajstić information content (AvgIpc) is 2.77. The molecule has 2 rings (SSSR count). The van der Waals surface area contributed by atoms with Gasteiger partial charge in [-0.15, -0.1) is 5.10 Å². The van der Waals surface area contributed by atoms with Gasteiger partial charge < -0.3 is 10.2 Å². The molecule has 2 N–H and O–H groups in total. The third kappa shape index (κ3) is 2.86. The van der Waals surface area contributed by atoms with Crippen LogP contribution in [0.3, 0.4) is 0 Å². The molecule has 0 saturated carbocycles. The Kier molecular flexibility index (Phi) is 3.46. The van der Waals surface area contributed by atoms with Crippen LogP contribution in [0, 0.1) is 5.82 Å². The molecular weight excluding hydrogens is 225 g/mol. The highest BCUT2D eigenvalue weighted by atomic mass is 19.1. The lowest BCUT2D eigenvalue weighted by Gasteiger charge is -2.10. The summed E-state index contributed by atoms with van der Waals surface area (Å²) >= 11 is 0. The highest BCUT2D eigenvalue weighted by Gasteiger charge is 2.09. The molecule has 1 aromatic heterocycles. The third-order valence-corrected chi connectivity index (χ3v) is 2.36. The molecule has 0 aliphatic carbocycles. The van der Waals surface area contributed by atoms with E-state index in [-0.39, 0.29) is 19.0 Å². The van der Waals surface area contributed by atoms with Crippen LogP contribution in [-0.2, 0) is 13.2 Å². The molecule has 0 radical (unpaired) electrons. The Labute approximate surface area is 97.1 Å². The van der Waals surface area contributed by atoms with Gasteiger partial charge in [-0.3, -0.25) is 0 Å². The molecule has 0 fully saturated rings. The fraction of sp³-hybridized carbons (Fsp3) is 0.273. The van der Waals surface area contributed by atoms with Crippen LogP contribution in [-0.4, -0.2) is 25.2 Å². The van der Waals surface area contributed by atoms with Crippen LogP contribution >= 0.6 is 0 Å². The molecule has 1 unspecified atom stereocenters. The number of benzene rings is 1. The lowest BCUT2D eigenvalue weighted by atomic mass is 10.1. The summed E-state index contributed by atoms with van der Waals surface area (Å²) in [5, 5.41) is 26.1. The molecule has 0 bridgehead atoms. The fourth-order valence-corrected chi connectivity index (χ4v) is 1.47. The van der Waals surface area contributed by atoms with E-state index < -0.39 is 6.10 Å². The Balaban J connectivity index is 2.05. The van der Waals surface area contributed by atoms with Crippen LogP contribution in [0.15, 0.2) is 30.5 Å². The SMILES string of the molecule is OCc1cn(CC(O)c2ccc(F)cc2)nn1. The number of aromatic nitrogens is 3. The van der Waals surface area contributed by atoms with Crippen molar-refractivity contribution in [3.63, 3.8) is 0 Å². The Hall–Kier alpha value is -1.79. The largest absolute Gasteiger partial charge is 0.390 e. The summed E-state index contributed by atoms with van der Waals surface area (Å²) in [6, 6.07) is 5.62. The van der Waals surface area contributed by atoms with E-state index in [2.05, 4.69) is 10.3 Å². The van der Waals surface area contributed by atoms with Crippen LogP contribution in [0.4, 0.5) is 4.39 Å². The predicted octanol–water partition coefficient (Wildman–Crippen LogP) is 0.643. The molecule has 0 aliphatic heterocycles. The molecule has 1 aromatic carbocycles. The van der Waals surface area contributed by atoms with Crippen LogP contribution in [0.25, 0.3) is 0 Å². The zero-order valence-electron chi connectivity index (χ0n) is 8.99. The maximum absolute atomic E-state index is 12.7. The van der Waals surface area contributed by atoms with Gasteiger partial charge in [0.25, 0.3) is 0 Å². The minimum atomic E-state index is -0.788. The normalized spacial score (nSPS) is 12.6. The molecule has 6 heteroatoms. The number of rotatable bonds is 4. The molecular formula is C11H12FN3O2. The molecule has 2 aromatic rings. The van der Waals surface area contributed by atoms with E-state index in [0.29, 0.717) is 11.3 Å². The van der Waals surface area contributed by atoms with Crippen LogP contribution in [0.2, 0.25) is 0 Å². The highest BCUT2D eigenvalue weighted by Crippen LogP contribution is 2.15. The number of aliphatic hydroxyl groups excluding tert-OH is 2. The number of nitrogens with zero attached hydrogens (tertiary/aromatic N) is 3. The van der Waals surface area contributed by atoms with Crippen molar-refractivity contribution in [1.29, 1.82) is 0 Å². The zero-order valence-corrected chi connectivity index (χ0v) is 8.99. The van der Waals surface area contributed by atoms with Crippen molar-refractivity contribution in [2.75, 3.05) is 0 Å². The van der Waals surface area contributed by atoms with Gasteiger partial charge in [0.1, 0.15) is 11.5 Å². The van der Waals surface area contributed by atoms with Gasteiger partial charge in [0.2, 0.25) is 0 Å². The second-order valence-corrected chi connectivity index (χ2v) is 3.66. The van der Waals surface area contributed by atoms with E-state index in [9.17, 15) is 9.50 Å². The Morgan fingerprint density at radius 2 is 2.00 bits per heavy atom. The molecule has 17 heavy (non-hydrogen) atoms. The predicted molar refractivity (Wildman–Crippen MR) is 57.3 cm³/mol. The minimum Gasteiger partial charge on any atom is -0.390 e. The van der Waals surface area contributed by atoms with Gasteiger partial charge in [-0.2, -0.15) is 0 Å². The first-order valence-electron chi connectivity index (χ1n) is 5.12. The van der Waals surface area contributed by atoms with Gasteiger partial charge in [0.15, 0.2) is 0 Å². The van der Waals surface area contributed by atoms with Crippen molar-refractivity contribution < 1.29 is 14.6 Å². The van der Waals surface area contributed by atoms with Gasteiger partial charge in [-0.25, -0.2) is 9.07 Å². The number of aliphatic hydroxyl groups is 2. The smallest absolute Gasteiger partial charge is 0.123 e. The minimum absolute atomic E-state index is 0.188. The molecule has 90 valence electrons. The zero-order chi connectivity index (χ0) is 12.3. The molecule has 0 amide bonds. The number of hydrogen-bond acceptors (Lipinski definition) is 4. The van der Waals surface area contributed by atoms with Crippen molar-refractivity contribution in [3.8, 4) is 0 Å². The van der Waals surface area contributed by atoms with Crippen molar-refractivity contribution in [3.05, 3.63) is 47.5 Å². The Bertz CT molecular complexity index is 484. The van der Waals surface area contributed by atoms with Gasteiger partial charge in [0, 0.05) is 0 Å². The number of halogens is 1. The molecule has 0 aliphatic rings. The second-order valence-electron chi connectivity index (χ2n) is 3.66. The average molecular weight is 237 g/mol. The molecule has 5 nitrogen and oxygen atoms in total. The van der Waals surface area contributed by atoms with Crippen LogP contribution in [0.1, 0.15) is 17.4 Å². The van der Waals surface area contributed by atoms with E-state index in [1.54, 1.807) is 6.20 Å². The Morgan fingerprint density at radius 3 is 2.59 bits per heavy atom. The first-order chi connectivity index (χ1) is 8.19. The van der Waals surface area contributed by atoms with Crippen molar-refractivity contribution >= 4 is 0 Å². The lowest BCUT2D eigenvalue weighted by molar-refractivity contribution is 0.150. The summed E-state index contributed by atoms with van der Waals surface area (Å²) < 4.78 is 14.1. The quantitative estimate of drug-likeness (QED) is 0.818. The molecule has 1 heterocycles. The monoisotopic (exact) mass is 237 g/mol. The van der Waals surface area contributed by atoms with E-state index in [4.69, 9.17) is 5.11 Å². The van der Waals surface area contributed by atoms with Crippen molar-refractivity contribution in [1.82, 2.24) is 15.0 Å². The van der Waals surface area contributed by atoms with E-state index in [0.717, 1.165) is 0 Å². The summed E-state index contributed by atoms with van der Waals surface area (Å²) in [4.78, 5) is 0. The molecule has 0 spiro atoms. The van der Waals surface area contributed by atoms with E-state index >= 15 is 0 Å². The first kappa shape index (κ1) is 11.7. The van der Waals surface area contributed by atoms with Gasteiger partial charge in [0.05, 0.1) is 25.5 Å². The Morgan fingerprint density at radius 1 is 1.29 bits per heavy atom. The van der Waals surface area contributed by atoms with Gasteiger partial charge >= 0.3 is 0 Å². The summed E-state index contributed by atoms with van der Waals surface area (Å²) in [6.07, 6.45) is 0.760. The number of hydrogen-bond donors (Lipinski definition) is 2. The molecule has 1 atom stereocenters. The fourth-order valence-electron chi connectivity index (χ4n) is 1.47. The standard InChI is InChI=1S/C11H12FN3O2/c12-9-3-1-8(2-4-9)11(17)6-15-5-10(7-16)13-14-15/h1-5,11,16-17H,6-7H2. The lowest BCUT2D eigenvalue weighted by Crippen LogP contribution is -2.09. The maximum atomic E-state index is 12.7. The highest BCUT2D eigenvalue weighted by molar-refractivity contribution is 5.18. The second kappa shape index (κ2) is 5.03. The summed E-state index contributed by atoms with van der Waals surface area (Å²) in [5.41, 5.74) is 1.05. The topological polar surface area (TPSA) is 71.2 Å². The third-order valence-electron chi connectivity index (χ3n) is 2.36. The maximum Gasteiger partial charge on any atom is 0.123 e. The van der Waals surface area contributed by atoms with Crippen LogP contribution in [0.5, 0.6) is 0 Å². The van der Waals surface area contributed by atoms with Crippen molar-refractivity contribution in [2.45, 2.75) is 19.3 Å². The first-order valence-corrected chi connectivity index (χ1v) is 5.12. The van der Waals surface area contributed by atoms with Gasteiger partial charge in [-0.1, -0.05) is 17.3 Å². The summed E-state index contributed by atoms with van der Waals surface area (Å²) in [5.74, 6) is -0.343. The van der Waals surface area contributed by atoms with Crippen molar-refractivity contribution in [2.24, 2.45) is 0 Å². The van der Waals surface area contributed by atoms with Crippen LogP contribution < -0.4 is 0 Å². The molecule has 0 saturated heterocycles.